The fraction of sp³-hybridized carbons (Fsp3) is 0.222. The van der Waals surface area contributed by atoms with Crippen molar-refractivity contribution in [3.63, 3.8) is 0 Å². The largest absolute Gasteiger partial charge is 0.466 e. The van der Waals surface area contributed by atoms with Crippen LogP contribution >= 0.6 is 11.6 Å². The van der Waals surface area contributed by atoms with Crippen LogP contribution in [-0.4, -0.2) is 38.6 Å². The lowest BCUT2D eigenvalue weighted by molar-refractivity contribution is 0.0511. The van der Waals surface area contributed by atoms with Crippen LogP contribution < -0.4 is 10.3 Å². The Morgan fingerprint density at radius 3 is 2.93 bits per heavy atom. The van der Waals surface area contributed by atoms with Crippen molar-refractivity contribution in [3.05, 3.63) is 45.5 Å². The molecule has 0 saturated heterocycles. The number of ether oxygens (including phenoxy) is 2. The van der Waals surface area contributed by atoms with E-state index in [0.29, 0.717) is 27.6 Å². The average molecular weight is 386 g/mol. The first kappa shape index (κ1) is 17.4. The number of nitrogens with zero attached hydrogens (tertiary/aromatic N) is 4. The molecule has 0 bridgehead atoms. The minimum atomic E-state index is -0.337. The van der Waals surface area contributed by atoms with Crippen LogP contribution in [0.15, 0.2) is 29.3 Å². The summed E-state index contributed by atoms with van der Waals surface area (Å²) in [5, 5.41) is 5.79. The van der Waals surface area contributed by atoms with Crippen molar-refractivity contribution in [2.45, 2.75) is 6.92 Å². The average Bonchev–Trinajstić information content (AvgIpc) is 3.02. The van der Waals surface area contributed by atoms with Gasteiger partial charge in [0.25, 0.3) is 5.56 Å². The number of H-pyrrole nitrogens is 1. The summed E-state index contributed by atoms with van der Waals surface area (Å²) in [6, 6.07) is 3.62. The van der Waals surface area contributed by atoms with E-state index in [4.69, 9.17) is 21.1 Å². The number of rotatable bonds is 4. The highest BCUT2D eigenvalue weighted by Gasteiger charge is 2.18. The molecule has 0 fully saturated rings. The minimum absolute atomic E-state index is 0.0824. The van der Waals surface area contributed by atoms with Crippen LogP contribution in [0, 0.1) is 6.92 Å². The number of aromatic nitrogens is 5. The summed E-state index contributed by atoms with van der Waals surface area (Å²) in [5.74, 6) is 0.607. The molecule has 4 aromatic rings. The van der Waals surface area contributed by atoms with Gasteiger partial charge in [0.1, 0.15) is 11.3 Å². The second-order valence-electron chi connectivity index (χ2n) is 6.11. The Morgan fingerprint density at radius 2 is 2.15 bits per heavy atom. The fourth-order valence-corrected chi connectivity index (χ4v) is 3.29. The third-order valence-electron chi connectivity index (χ3n) is 4.20. The van der Waals surface area contributed by atoms with E-state index >= 15 is 0 Å². The first-order valence-corrected chi connectivity index (χ1v) is 8.50. The van der Waals surface area contributed by atoms with Gasteiger partial charge in [0.05, 0.1) is 22.4 Å². The van der Waals surface area contributed by atoms with E-state index in [1.54, 1.807) is 17.9 Å². The maximum absolute atomic E-state index is 11.5. The van der Waals surface area contributed by atoms with Crippen LogP contribution in [0.3, 0.4) is 0 Å². The summed E-state index contributed by atoms with van der Waals surface area (Å²) < 4.78 is 12.6. The molecule has 0 saturated carbocycles. The van der Waals surface area contributed by atoms with E-state index in [1.807, 2.05) is 26.2 Å². The Balaban J connectivity index is 2.00. The number of aryl methyl sites for hydroxylation is 2. The lowest BCUT2D eigenvalue weighted by Crippen LogP contribution is -2.07. The lowest BCUT2D eigenvalue weighted by atomic mass is 10.0. The number of methoxy groups -OCH3 is 1. The number of halogens is 1. The summed E-state index contributed by atoms with van der Waals surface area (Å²) in [4.78, 5) is 22.8. The zero-order chi connectivity index (χ0) is 19.1. The topological polar surface area (TPSA) is 94.9 Å². The van der Waals surface area contributed by atoms with Gasteiger partial charge in [-0.1, -0.05) is 11.6 Å². The second-order valence-corrected chi connectivity index (χ2v) is 6.51. The van der Waals surface area contributed by atoms with Gasteiger partial charge in [-0.2, -0.15) is 5.10 Å². The molecule has 8 nitrogen and oxygen atoms in total. The fourth-order valence-electron chi connectivity index (χ4n) is 3.05. The van der Waals surface area contributed by atoms with Crippen LogP contribution in [0.25, 0.3) is 33.3 Å². The van der Waals surface area contributed by atoms with Gasteiger partial charge in [-0.15, -0.1) is 0 Å². The Bertz CT molecular complexity index is 1230. The predicted molar refractivity (Wildman–Crippen MR) is 102 cm³/mol. The summed E-state index contributed by atoms with van der Waals surface area (Å²) in [6.07, 6.45) is 3.09. The number of aromatic amines is 1. The van der Waals surface area contributed by atoms with Crippen molar-refractivity contribution < 1.29 is 9.47 Å². The highest BCUT2D eigenvalue weighted by atomic mass is 35.5. The van der Waals surface area contributed by atoms with E-state index < -0.39 is 0 Å². The van der Waals surface area contributed by atoms with Crippen molar-refractivity contribution >= 4 is 33.7 Å². The summed E-state index contributed by atoms with van der Waals surface area (Å²) in [5.41, 5.74) is 3.42. The molecule has 3 aromatic heterocycles. The van der Waals surface area contributed by atoms with E-state index in [9.17, 15) is 4.79 Å². The zero-order valence-electron chi connectivity index (χ0n) is 14.9. The van der Waals surface area contributed by atoms with Gasteiger partial charge in [0, 0.05) is 36.9 Å². The van der Waals surface area contributed by atoms with Gasteiger partial charge < -0.3 is 14.5 Å². The number of hydrogen-bond donors (Lipinski definition) is 1. The van der Waals surface area contributed by atoms with E-state index in [2.05, 4.69) is 20.1 Å². The Kier molecular flexibility index (Phi) is 4.29. The molecule has 0 spiro atoms. The molecule has 0 unspecified atom stereocenters. The van der Waals surface area contributed by atoms with Crippen LogP contribution in [0.1, 0.15) is 5.56 Å². The van der Waals surface area contributed by atoms with Crippen molar-refractivity contribution in [3.8, 4) is 17.0 Å². The quantitative estimate of drug-likeness (QED) is 0.543. The summed E-state index contributed by atoms with van der Waals surface area (Å²) in [6.45, 7) is 2.02. The summed E-state index contributed by atoms with van der Waals surface area (Å²) >= 11 is 6.37. The third kappa shape index (κ3) is 3.02. The standard InChI is InChI=1S/C18H16ClN5O3/c1-9-15-10(7-24(2)23-15)4-11(17(9)27-8-26-3)13-5-12(19)16-18(21-13)20-6-14(25)22-16/h4-7H,8H2,1-3H3,(H,22,25). The third-order valence-corrected chi connectivity index (χ3v) is 4.50. The molecule has 1 aromatic carbocycles. The molecule has 4 rings (SSSR count). The SMILES string of the molecule is COCOc1c(-c2cc(Cl)c3[nH]c(=O)cnc3n2)cc2cn(C)nc2c1C. The first-order chi connectivity index (χ1) is 13.0. The normalized spacial score (nSPS) is 11.4. The van der Waals surface area contributed by atoms with Gasteiger partial charge in [0.2, 0.25) is 0 Å². The number of pyridine rings is 1. The molecule has 0 amide bonds. The maximum atomic E-state index is 11.5. The molecule has 3 heterocycles. The van der Waals surface area contributed by atoms with Gasteiger partial charge in [-0.05, 0) is 19.1 Å². The number of hydrogen-bond acceptors (Lipinski definition) is 6. The van der Waals surface area contributed by atoms with Crippen LogP contribution in [-0.2, 0) is 11.8 Å². The maximum Gasteiger partial charge on any atom is 0.267 e. The molecule has 138 valence electrons. The summed E-state index contributed by atoms with van der Waals surface area (Å²) in [7, 11) is 3.42. The highest BCUT2D eigenvalue weighted by Crippen LogP contribution is 2.38. The van der Waals surface area contributed by atoms with Crippen molar-refractivity contribution in [2.24, 2.45) is 7.05 Å². The van der Waals surface area contributed by atoms with Crippen LogP contribution in [0.2, 0.25) is 5.02 Å². The van der Waals surface area contributed by atoms with E-state index in [0.717, 1.165) is 22.0 Å². The molecule has 0 aliphatic rings. The van der Waals surface area contributed by atoms with E-state index in [-0.39, 0.29) is 12.4 Å². The molecule has 27 heavy (non-hydrogen) atoms. The molecule has 1 N–H and O–H groups in total. The monoisotopic (exact) mass is 385 g/mol. The Hall–Kier alpha value is -2.97. The predicted octanol–water partition coefficient (Wildman–Crippen LogP) is 2.82. The van der Waals surface area contributed by atoms with E-state index in [1.165, 1.54) is 6.20 Å². The molecular weight excluding hydrogens is 370 g/mol. The van der Waals surface area contributed by atoms with Gasteiger partial charge in [0.15, 0.2) is 12.4 Å². The second kappa shape index (κ2) is 6.64. The lowest BCUT2D eigenvalue weighted by Gasteiger charge is -2.14. The van der Waals surface area contributed by atoms with Crippen molar-refractivity contribution in [1.29, 1.82) is 0 Å². The molecule has 0 aliphatic heterocycles. The van der Waals surface area contributed by atoms with Gasteiger partial charge in [-0.3, -0.25) is 9.48 Å². The zero-order valence-corrected chi connectivity index (χ0v) is 15.7. The van der Waals surface area contributed by atoms with Crippen molar-refractivity contribution in [1.82, 2.24) is 24.7 Å². The molecule has 0 atom stereocenters. The molecular formula is C18H16ClN5O3. The molecule has 9 heteroatoms. The molecule has 0 radical (unpaired) electrons. The van der Waals surface area contributed by atoms with Gasteiger partial charge in [-0.25, -0.2) is 9.97 Å². The molecule has 0 aliphatic carbocycles. The van der Waals surface area contributed by atoms with Crippen molar-refractivity contribution in [2.75, 3.05) is 13.9 Å². The number of benzene rings is 1. The smallest absolute Gasteiger partial charge is 0.267 e. The van der Waals surface area contributed by atoms with Crippen LogP contribution in [0.4, 0.5) is 0 Å². The highest BCUT2D eigenvalue weighted by molar-refractivity contribution is 6.35. The van der Waals surface area contributed by atoms with Gasteiger partial charge >= 0.3 is 0 Å². The van der Waals surface area contributed by atoms with Crippen LogP contribution in [0.5, 0.6) is 5.75 Å². The Morgan fingerprint density at radius 1 is 1.33 bits per heavy atom. The minimum Gasteiger partial charge on any atom is -0.466 e. The number of fused-ring (bicyclic) bond motifs is 2. The number of nitrogens with one attached hydrogen (secondary N) is 1. The Labute approximate surface area is 158 Å². The first-order valence-electron chi connectivity index (χ1n) is 8.12.